The van der Waals surface area contributed by atoms with Crippen molar-refractivity contribution in [2.45, 2.75) is 46.1 Å². The van der Waals surface area contributed by atoms with Crippen LogP contribution in [0.15, 0.2) is 0 Å². The zero-order valence-electron chi connectivity index (χ0n) is 13.7. The van der Waals surface area contributed by atoms with E-state index in [2.05, 4.69) is 17.2 Å². The molecular formula is C15H27Cl2N3OS. The van der Waals surface area contributed by atoms with Gasteiger partial charge in [0.15, 0.2) is 0 Å². The molecule has 1 aromatic rings. The average Bonchev–Trinajstić information content (AvgIpc) is 3.03. The Balaban J connectivity index is 0.00000220. The lowest BCUT2D eigenvalue weighted by Crippen LogP contribution is -2.29. The summed E-state index contributed by atoms with van der Waals surface area (Å²) in [6.07, 6.45) is 2.87. The summed E-state index contributed by atoms with van der Waals surface area (Å²) >= 11 is 1.70. The summed E-state index contributed by atoms with van der Waals surface area (Å²) in [4.78, 5) is 19.9. The molecule has 0 aliphatic carbocycles. The number of aryl methyl sites for hydroxylation is 2. The molecule has 0 spiro atoms. The fraction of sp³-hybridized carbons (Fsp3) is 0.733. The van der Waals surface area contributed by atoms with Crippen LogP contribution in [0.4, 0.5) is 0 Å². The van der Waals surface area contributed by atoms with Gasteiger partial charge in [0.2, 0.25) is 5.91 Å². The van der Waals surface area contributed by atoms with E-state index in [4.69, 9.17) is 0 Å². The predicted octanol–water partition coefficient (Wildman–Crippen LogP) is 3.51. The molecule has 1 aromatic heterocycles. The smallest absolute Gasteiger partial charge is 0.222 e. The molecule has 0 bridgehead atoms. The molecular weight excluding hydrogens is 341 g/mol. The standard InChI is InChI=1S/C15H25N3OS.2ClH/c1-10-15(20-12(3)17-10)11(2)18(4)14(19)6-5-13-7-8-16-9-13;;/h11,13,16H,5-9H2,1-4H3;2*1H. The molecule has 0 aromatic carbocycles. The zero-order valence-corrected chi connectivity index (χ0v) is 16.2. The summed E-state index contributed by atoms with van der Waals surface area (Å²) in [6, 6.07) is 0.121. The Bertz CT molecular complexity index is 475. The van der Waals surface area contributed by atoms with Gasteiger partial charge < -0.3 is 10.2 Å². The number of hydrogen-bond acceptors (Lipinski definition) is 4. The Morgan fingerprint density at radius 3 is 2.64 bits per heavy atom. The van der Waals surface area contributed by atoms with Crippen LogP contribution in [0.2, 0.25) is 0 Å². The minimum atomic E-state index is 0. The van der Waals surface area contributed by atoms with Crippen molar-refractivity contribution >= 4 is 42.1 Å². The molecule has 1 fully saturated rings. The van der Waals surface area contributed by atoms with E-state index in [0.717, 1.165) is 30.2 Å². The molecule has 2 heterocycles. The largest absolute Gasteiger partial charge is 0.338 e. The Morgan fingerprint density at radius 2 is 2.14 bits per heavy atom. The number of nitrogens with zero attached hydrogens (tertiary/aromatic N) is 2. The first kappa shape index (κ1) is 21.6. The van der Waals surface area contributed by atoms with E-state index < -0.39 is 0 Å². The van der Waals surface area contributed by atoms with Crippen LogP contribution in [0, 0.1) is 19.8 Å². The zero-order chi connectivity index (χ0) is 14.7. The van der Waals surface area contributed by atoms with Crippen molar-refractivity contribution in [3.63, 3.8) is 0 Å². The predicted molar refractivity (Wildman–Crippen MR) is 97.5 cm³/mol. The van der Waals surface area contributed by atoms with Crippen molar-refractivity contribution in [2.24, 2.45) is 5.92 Å². The molecule has 4 nitrogen and oxygen atoms in total. The van der Waals surface area contributed by atoms with Crippen LogP contribution in [0.25, 0.3) is 0 Å². The average molecular weight is 368 g/mol. The minimum Gasteiger partial charge on any atom is -0.338 e. The molecule has 0 saturated carbocycles. The van der Waals surface area contributed by atoms with Gasteiger partial charge in [-0.2, -0.15) is 0 Å². The topological polar surface area (TPSA) is 45.2 Å². The van der Waals surface area contributed by atoms with Crippen molar-refractivity contribution in [2.75, 3.05) is 20.1 Å². The summed E-state index contributed by atoms with van der Waals surface area (Å²) in [5.41, 5.74) is 1.06. The Labute approximate surface area is 149 Å². The monoisotopic (exact) mass is 367 g/mol. The third-order valence-electron chi connectivity index (χ3n) is 4.22. The molecule has 1 N–H and O–H groups in total. The van der Waals surface area contributed by atoms with Gasteiger partial charge in [-0.25, -0.2) is 4.98 Å². The molecule has 1 saturated heterocycles. The van der Waals surface area contributed by atoms with Crippen molar-refractivity contribution in [3.05, 3.63) is 15.6 Å². The molecule has 1 aliphatic rings. The summed E-state index contributed by atoms with van der Waals surface area (Å²) in [7, 11) is 1.91. The van der Waals surface area contributed by atoms with E-state index in [1.165, 1.54) is 11.3 Å². The quantitative estimate of drug-likeness (QED) is 0.865. The molecule has 128 valence electrons. The van der Waals surface area contributed by atoms with Crippen LogP contribution < -0.4 is 5.32 Å². The van der Waals surface area contributed by atoms with Gasteiger partial charge in [0.25, 0.3) is 0 Å². The number of hydrogen-bond donors (Lipinski definition) is 1. The van der Waals surface area contributed by atoms with E-state index in [1.807, 2.05) is 25.8 Å². The lowest BCUT2D eigenvalue weighted by atomic mass is 10.0. The van der Waals surface area contributed by atoms with Gasteiger partial charge in [-0.1, -0.05) is 0 Å². The first-order chi connectivity index (χ1) is 9.49. The number of aromatic nitrogens is 1. The van der Waals surface area contributed by atoms with Crippen molar-refractivity contribution in [3.8, 4) is 0 Å². The number of thiazole rings is 1. The highest BCUT2D eigenvalue weighted by molar-refractivity contribution is 7.11. The highest BCUT2D eigenvalue weighted by Crippen LogP contribution is 2.29. The molecule has 1 aliphatic heterocycles. The van der Waals surface area contributed by atoms with E-state index in [1.54, 1.807) is 11.3 Å². The first-order valence-corrected chi connectivity index (χ1v) is 8.21. The van der Waals surface area contributed by atoms with Gasteiger partial charge >= 0.3 is 0 Å². The highest BCUT2D eigenvalue weighted by Gasteiger charge is 2.23. The Hall–Kier alpha value is -0.360. The number of halogens is 2. The number of carbonyl (C=O) groups excluding carboxylic acids is 1. The lowest BCUT2D eigenvalue weighted by molar-refractivity contribution is -0.132. The van der Waals surface area contributed by atoms with Gasteiger partial charge in [0, 0.05) is 18.3 Å². The Kier molecular flexibility index (Phi) is 9.55. The third-order valence-corrected chi connectivity index (χ3v) is 5.47. The van der Waals surface area contributed by atoms with E-state index in [0.29, 0.717) is 12.3 Å². The van der Waals surface area contributed by atoms with Gasteiger partial charge in [-0.15, -0.1) is 36.2 Å². The van der Waals surface area contributed by atoms with Crippen molar-refractivity contribution in [1.82, 2.24) is 15.2 Å². The normalized spacial score (nSPS) is 18.3. The molecule has 1 amide bonds. The van der Waals surface area contributed by atoms with Gasteiger partial charge in [-0.3, -0.25) is 4.79 Å². The summed E-state index contributed by atoms with van der Waals surface area (Å²) in [5.74, 6) is 0.921. The second-order valence-electron chi connectivity index (χ2n) is 5.76. The summed E-state index contributed by atoms with van der Waals surface area (Å²) in [5, 5.41) is 4.42. The summed E-state index contributed by atoms with van der Waals surface area (Å²) in [6.45, 7) is 8.31. The van der Waals surface area contributed by atoms with Gasteiger partial charge in [0.05, 0.1) is 16.7 Å². The van der Waals surface area contributed by atoms with Gasteiger partial charge in [-0.05, 0) is 52.6 Å². The SMILES string of the molecule is Cc1nc(C)c(C(C)N(C)C(=O)CCC2CCNC2)s1.Cl.Cl. The third kappa shape index (κ3) is 5.37. The highest BCUT2D eigenvalue weighted by atomic mass is 35.5. The van der Waals surface area contributed by atoms with Crippen LogP contribution in [-0.4, -0.2) is 35.9 Å². The number of amides is 1. The maximum absolute atomic E-state index is 12.3. The molecule has 2 rings (SSSR count). The minimum absolute atomic E-state index is 0. The second kappa shape index (κ2) is 9.71. The van der Waals surface area contributed by atoms with Crippen LogP contribution in [0.3, 0.4) is 0 Å². The van der Waals surface area contributed by atoms with Crippen LogP contribution in [0.5, 0.6) is 0 Å². The van der Waals surface area contributed by atoms with Crippen LogP contribution in [0.1, 0.15) is 47.8 Å². The number of nitrogens with one attached hydrogen (secondary N) is 1. The number of rotatable bonds is 5. The molecule has 2 unspecified atom stereocenters. The molecule has 7 heteroatoms. The Morgan fingerprint density at radius 1 is 1.45 bits per heavy atom. The fourth-order valence-electron chi connectivity index (χ4n) is 2.79. The van der Waals surface area contributed by atoms with Crippen molar-refractivity contribution < 1.29 is 4.79 Å². The van der Waals surface area contributed by atoms with Crippen LogP contribution in [-0.2, 0) is 4.79 Å². The maximum atomic E-state index is 12.3. The summed E-state index contributed by atoms with van der Waals surface area (Å²) < 4.78 is 0. The van der Waals surface area contributed by atoms with Crippen molar-refractivity contribution in [1.29, 1.82) is 0 Å². The van der Waals surface area contributed by atoms with Crippen LogP contribution >= 0.6 is 36.2 Å². The fourth-order valence-corrected chi connectivity index (χ4v) is 3.81. The number of carbonyl (C=O) groups is 1. The first-order valence-electron chi connectivity index (χ1n) is 7.39. The van der Waals surface area contributed by atoms with E-state index in [-0.39, 0.29) is 36.8 Å². The molecule has 0 radical (unpaired) electrons. The second-order valence-corrected chi connectivity index (χ2v) is 7.00. The van der Waals surface area contributed by atoms with E-state index in [9.17, 15) is 4.79 Å². The van der Waals surface area contributed by atoms with E-state index >= 15 is 0 Å². The molecule has 2 atom stereocenters. The molecule has 22 heavy (non-hydrogen) atoms. The lowest BCUT2D eigenvalue weighted by Gasteiger charge is -2.25. The van der Waals surface area contributed by atoms with Gasteiger partial charge in [0.1, 0.15) is 0 Å². The maximum Gasteiger partial charge on any atom is 0.222 e.